The van der Waals surface area contributed by atoms with Crippen LogP contribution >= 0.6 is 11.8 Å². The summed E-state index contributed by atoms with van der Waals surface area (Å²) >= 11 is 1.70. The Morgan fingerprint density at radius 2 is 2.22 bits per heavy atom. The Labute approximate surface area is 162 Å². The summed E-state index contributed by atoms with van der Waals surface area (Å²) in [6.07, 6.45) is 3.10. The zero-order valence-electron chi connectivity index (χ0n) is 15.7. The van der Waals surface area contributed by atoms with Crippen LogP contribution in [0.25, 0.3) is 5.82 Å². The Morgan fingerprint density at radius 3 is 2.89 bits per heavy atom. The maximum absolute atomic E-state index is 12.6. The number of nitrogens with one attached hydrogen (secondary N) is 1. The fourth-order valence-electron chi connectivity index (χ4n) is 3.83. The van der Waals surface area contributed by atoms with E-state index in [0.717, 1.165) is 29.2 Å². The Balaban J connectivity index is 1.40. The number of fused-ring (bicyclic) bond motifs is 1. The van der Waals surface area contributed by atoms with Crippen molar-refractivity contribution in [3.8, 4) is 5.82 Å². The first kappa shape index (κ1) is 18.0. The Morgan fingerprint density at radius 1 is 1.41 bits per heavy atom. The summed E-state index contributed by atoms with van der Waals surface area (Å²) in [6, 6.07) is 5.46. The van der Waals surface area contributed by atoms with E-state index in [-0.39, 0.29) is 22.7 Å². The van der Waals surface area contributed by atoms with Gasteiger partial charge in [0.2, 0.25) is 11.8 Å². The molecule has 4 rings (SSSR count). The highest BCUT2D eigenvalue weighted by Gasteiger charge is 2.52. The number of carbonyl (C=O) groups excluding carboxylic acids is 2. The van der Waals surface area contributed by atoms with Crippen LogP contribution in [-0.4, -0.2) is 48.1 Å². The lowest BCUT2D eigenvalue weighted by molar-refractivity contribution is -0.138. The smallest absolute Gasteiger partial charge is 0.243 e. The van der Waals surface area contributed by atoms with Crippen molar-refractivity contribution < 1.29 is 9.59 Å². The molecule has 2 aromatic heterocycles. The quantitative estimate of drug-likeness (QED) is 0.870. The van der Waals surface area contributed by atoms with Crippen molar-refractivity contribution in [2.24, 2.45) is 0 Å². The fourth-order valence-corrected chi connectivity index (χ4v) is 5.26. The molecule has 0 spiro atoms. The summed E-state index contributed by atoms with van der Waals surface area (Å²) in [5, 5.41) is 7.38. The standard InChI is InChI=1S/C19H23N5O2S/c1-12-8-13(2)24(22-12)16-5-4-14(9-20-16)10-21-18(26)15-11-27-19(3)7-6-17(25)23(15)19/h4-5,8-9,15H,6-7,10-11H2,1-3H3,(H,21,26)/t15-,19-/m0/s1. The lowest BCUT2D eigenvalue weighted by Crippen LogP contribution is -2.49. The predicted molar refractivity (Wildman–Crippen MR) is 103 cm³/mol. The third-order valence-corrected chi connectivity index (χ3v) is 6.76. The molecule has 0 bridgehead atoms. The van der Waals surface area contributed by atoms with Crippen molar-refractivity contribution in [3.63, 3.8) is 0 Å². The highest BCUT2D eigenvalue weighted by Crippen LogP contribution is 2.47. The lowest BCUT2D eigenvalue weighted by Gasteiger charge is -2.29. The van der Waals surface area contributed by atoms with Gasteiger partial charge in [-0.25, -0.2) is 9.67 Å². The van der Waals surface area contributed by atoms with E-state index in [1.54, 1.807) is 27.5 Å². The van der Waals surface area contributed by atoms with Crippen LogP contribution in [0.5, 0.6) is 0 Å². The summed E-state index contributed by atoms with van der Waals surface area (Å²) in [4.78, 5) is 30.8. The van der Waals surface area contributed by atoms with Crippen molar-refractivity contribution >= 4 is 23.6 Å². The van der Waals surface area contributed by atoms with Gasteiger partial charge in [0.15, 0.2) is 5.82 Å². The number of rotatable bonds is 4. The van der Waals surface area contributed by atoms with E-state index in [1.807, 2.05) is 32.0 Å². The highest BCUT2D eigenvalue weighted by molar-refractivity contribution is 8.01. The number of aromatic nitrogens is 3. The van der Waals surface area contributed by atoms with E-state index in [2.05, 4.69) is 22.3 Å². The number of carbonyl (C=O) groups is 2. The van der Waals surface area contributed by atoms with Crippen molar-refractivity contribution in [1.82, 2.24) is 25.0 Å². The van der Waals surface area contributed by atoms with E-state index in [0.29, 0.717) is 18.7 Å². The molecule has 2 fully saturated rings. The van der Waals surface area contributed by atoms with Gasteiger partial charge in [-0.05, 0) is 44.9 Å². The van der Waals surface area contributed by atoms with Crippen molar-refractivity contribution in [1.29, 1.82) is 0 Å². The third-order valence-electron chi connectivity index (χ3n) is 5.25. The Hall–Kier alpha value is -2.35. The van der Waals surface area contributed by atoms with E-state index < -0.39 is 0 Å². The van der Waals surface area contributed by atoms with Gasteiger partial charge in [-0.3, -0.25) is 9.59 Å². The average molecular weight is 385 g/mol. The number of hydrogen-bond acceptors (Lipinski definition) is 5. The summed E-state index contributed by atoms with van der Waals surface area (Å²) in [5.41, 5.74) is 2.89. The van der Waals surface area contributed by atoms with Gasteiger partial charge in [0.05, 0.1) is 10.6 Å². The Bertz CT molecular complexity index is 894. The van der Waals surface area contributed by atoms with Crippen LogP contribution in [0.1, 0.15) is 36.7 Å². The maximum atomic E-state index is 12.6. The zero-order chi connectivity index (χ0) is 19.2. The molecule has 2 aromatic rings. The molecule has 4 heterocycles. The van der Waals surface area contributed by atoms with Gasteiger partial charge in [-0.1, -0.05) is 6.07 Å². The molecule has 2 aliphatic heterocycles. The van der Waals surface area contributed by atoms with E-state index in [9.17, 15) is 9.59 Å². The number of pyridine rings is 1. The molecule has 0 aliphatic carbocycles. The Kier molecular flexibility index (Phi) is 4.46. The van der Waals surface area contributed by atoms with Crippen LogP contribution < -0.4 is 5.32 Å². The van der Waals surface area contributed by atoms with Crippen LogP contribution in [0.4, 0.5) is 0 Å². The molecule has 142 valence electrons. The second-order valence-corrected chi connectivity index (χ2v) is 8.85. The van der Waals surface area contributed by atoms with Crippen LogP contribution in [0.15, 0.2) is 24.4 Å². The zero-order valence-corrected chi connectivity index (χ0v) is 16.5. The van der Waals surface area contributed by atoms with Crippen molar-refractivity contribution in [2.45, 2.75) is 51.1 Å². The van der Waals surface area contributed by atoms with Crippen LogP contribution in [0.2, 0.25) is 0 Å². The van der Waals surface area contributed by atoms with Gasteiger partial charge in [-0.2, -0.15) is 5.10 Å². The molecule has 0 unspecified atom stereocenters. The molecule has 2 atom stereocenters. The molecule has 0 radical (unpaired) electrons. The molecule has 2 aliphatic rings. The van der Waals surface area contributed by atoms with E-state index >= 15 is 0 Å². The van der Waals surface area contributed by atoms with Crippen LogP contribution in [0.3, 0.4) is 0 Å². The molecular formula is C19H23N5O2S. The summed E-state index contributed by atoms with van der Waals surface area (Å²) in [7, 11) is 0. The molecule has 2 amide bonds. The van der Waals surface area contributed by atoms with Gasteiger partial charge in [-0.15, -0.1) is 11.8 Å². The first-order valence-electron chi connectivity index (χ1n) is 9.10. The van der Waals surface area contributed by atoms with Crippen LogP contribution in [0, 0.1) is 13.8 Å². The summed E-state index contributed by atoms with van der Waals surface area (Å²) in [6.45, 7) is 6.38. The number of amides is 2. The largest absolute Gasteiger partial charge is 0.350 e. The fraction of sp³-hybridized carbons (Fsp3) is 0.474. The molecule has 1 N–H and O–H groups in total. The maximum Gasteiger partial charge on any atom is 0.243 e. The SMILES string of the molecule is Cc1cc(C)n(-c2ccc(CNC(=O)[C@@H]3CS[C@@]4(C)CCC(=O)N34)cn2)n1. The minimum absolute atomic E-state index is 0.0820. The minimum Gasteiger partial charge on any atom is -0.350 e. The normalized spacial score (nSPS) is 24.3. The predicted octanol–water partition coefficient (Wildman–Crippen LogP) is 1.95. The van der Waals surface area contributed by atoms with Crippen molar-refractivity contribution in [3.05, 3.63) is 41.3 Å². The number of aryl methyl sites for hydroxylation is 2. The van der Waals surface area contributed by atoms with Gasteiger partial charge in [0, 0.05) is 30.6 Å². The summed E-state index contributed by atoms with van der Waals surface area (Å²) < 4.78 is 1.80. The molecule has 2 saturated heterocycles. The molecule has 8 heteroatoms. The van der Waals surface area contributed by atoms with E-state index in [1.165, 1.54) is 0 Å². The molecule has 0 aromatic carbocycles. The topological polar surface area (TPSA) is 80.1 Å². The number of thioether (sulfide) groups is 1. The molecular weight excluding hydrogens is 362 g/mol. The van der Waals surface area contributed by atoms with Gasteiger partial charge < -0.3 is 10.2 Å². The highest BCUT2D eigenvalue weighted by atomic mass is 32.2. The number of hydrogen-bond donors (Lipinski definition) is 1. The average Bonchev–Trinajstić information content (AvgIpc) is 3.26. The lowest BCUT2D eigenvalue weighted by atomic mass is 10.2. The van der Waals surface area contributed by atoms with Gasteiger partial charge in [0.1, 0.15) is 6.04 Å². The first-order chi connectivity index (χ1) is 12.9. The second kappa shape index (κ2) is 6.67. The van der Waals surface area contributed by atoms with E-state index in [4.69, 9.17) is 0 Å². The van der Waals surface area contributed by atoms with Crippen LogP contribution in [-0.2, 0) is 16.1 Å². The third kappa shape index (κ3) is 3.22. The monoisotopic (exact) mass is 385 g/mol. The molecule has 7 nitrogen and oxygen atoms in total. The van der Waals surface area contributed by atoms with Gasteiger partial charge in [0.25, 0.3) is 0 Å². The minimum atomic E-state index is -0.378. The molecule has 0 saturated carbocycles. The summed E-state index contributed by atoms with van der Waals surface area (Å²) in [5.74, 6) is 1.40. The van der Waals surface area contributed by atoms with Gasteiger partial charge >= 0.3 is 0 Å². The van der Waals surface area contributed by atoms with Crippen molar-refractivity contribution in [2.75, 3.05) is 5.75 Å². The number of nitrogens with zero attached hydrogens (tertiary/aromatic N) is 4. The second-order valence-electron chi connectivity index (χ2n) is 7.35. The molecule has 27 heavy (non-hydrogen) atoms. The first-order valence-corrected chi connectivity index (χ1v) is 10.1.